The highest BCUT2D eigenvalue weighted by atomic mass is 35.5. The third-order valence-electron chi connectivity index (χ3n) is 7.41. The van der Waals surface area contributed by atoms with E-state index in [4.69, 9.17) is 11.6 Å². The smallest absolute Gasteiger partial charge is 0.229 e. The Morgan fingerprint density at radius 3 is 2.62 bits per heavy atom. The second-order valence-electron chi connectivity index (χ2n) is 9.53. The molecule has 5 heteroatoms. The molecule has 29 heavy (non-hydrogen) atoms. The molecule has 0 radical (unpaired) electrons. The van der Waals surface area contributed by atoms with Gasteiger partial charge in [0.2, 0.25) is 5.91 Å². The minimum absolute atomic E-state index is 0.107. The highest BCUT2D eigenvalue weighted by Crippen LogP contribution is 2.75. The van der Waals surface area contributed by atoms with Crippen LogP contribution in [0.2, 0.25) is 5.02 Å². The number of nitrogens with zero attached hydrogens (tertiary/aromatic N) is 3. The van der Waals surface area contributed by atoms with E-state index < -0.39 is 0 Å². The number of benzene rings is 2. The summed E-state index contributed by atoms with van der Waals surface area (Å²) in [7, 11) is 0. The van der Waals surface area contributed by atoms with Crippen LogP contribution < -0.4 is 0 Å². The maximum atomic E-state index is 13.3. The highest BCUT2D eigenvalue weighted by Gasteiger charge is 2.72. The first kappa shape index (κ1) is 17.5. The Bertz CT molecular complexity index is 1110. The summed E-state index contributed by atoms with van der Waals surface area (Å²) in [5, 5.41) is 6.57. The van der Waals surface area contributed by atoms with Gasteiger partial charge in [-0.3, -0.25) is 9.48 Å². The molecule has 4 fully saturated rings. The van der Waals surface area contributed by atoms with Gasteiger partial charge in [0.15, 0.2) is 0 Å². The molecule has 1 atom stereocenters. The van der Waals surface area contributed by atoms with Crippen LogP contribution in [0.15, 0.2) is 48.7 Å². The van der Waals surface area contributed by atoms with E-state index in [2.05, 4.69) is 51.9 Å². The maximum Gasteiger partial charge on any atom is 0.229 e. The van der Waals surface area contributed by atoms with E-state index in [1.165, 1.54) is 22.0 Å². The summed E-state index contributed by atoms with van der Waals surface area (Å²) in [5.74, 6) is 0.367. The number of hydrogen-bond donors (Lipinski definition) is 0. The van der Waals surface area contributed by atoms with Gasteiger partial charge < -0.3 is 4.90 Å². The van der Waals surface area contributed by atoms with Gasteiger partial charge >= 0.3 is 0 Å². The number of carbonyl (C=O) groups excluding carboxylic acids is 1. The number of fused-ring (bicyclic) bond motifs is 1. The molecule has 1 aliphatic heterocycles. The highest BCUT2D eigenvalue weighted by molar-refractivity contribution is 6.30. The number of halogens is 1. The van der Waals surface area contributed by atoms with E-state index in [1.807, 2.05) is 18.3 Å². The molecule has 1 amide bonds. The standard InChI is InChI=1S/C24H24ClN3O/c1-16-2-7-21-18(10-16)11-26-28(21)15-23-12-24(13-23,14-23)22(29)27-9-8-20(27)17-3-5-19(25)6-4-17/h2-7,10-11,20H,8-9,12-15H2,1H3. The Labute approximate surface area is 175 Å². The van der Waals surface area contributed by atoms with Crippen molar-refractivity contribution in [3.8, 4) is 0 Å². The molecule has 4 aliphatic rings. The molecule has 0 spiro atoms. The van der Waals surface area contributed by atoms with Gasteiger partial charge in [-0.15, -0.1) is 0 Å². The lowest BCUT2D eigenvalue weighted by Gasteiger charge is -2.70. The lowest BCUT2D eigenvalue weighted by Crippen LogP contribution is -2.70. The zero-order valence-corrected chi connectivity index (χ0v) is 17.3. The lowest BCUT2D eigenvalue weighted by molar-refractivity contribution is -0.227. The van der Waals surface area contributed by atoms with Gasteiger partial charge in [-0.2, -0.15) is 5.10 Å². The monoisotopic (exact) mass is 405 g/mol. The van der Waals surface area contributed by atoms with Crippen molar-refractivity contribution in [1.29, 1.82) is 0 Å². The van der Waals surface area contributed by atoms with E-state index in [1.54, 1.807) is 0 Å². The SMILES string of the molecule is Cc1ccc2c(cnn2CC23CC(C(=O)N4CCC4c4ccc(Cl)cc4)(C2)C3)c1. The molecule has 1 unspecified atom stereocenters. The molecule has 1 saturated heterocycles. The molecule has 4 nitrogen and oxygen atoms in total. The Morgan fingerprint density at radius 2 is 1.93 bits per heavy atom. The number of aromatic nitrogens is 2. The summed E-state index contributed by atoms with van der Waals surface area (Å²) in [5.41, 5.74) is 3.82. The zero-order chi connectivity index (χ0) is 19.8. The quantitative estimate of drug-likeness (QED) is 0.602. The van der Waals surface area contributed by atoms with Crippen LogP contribution in [0.1, 0.15) is 42.9 Å². The second kappa shape index (κ2) is 5.85. The fourth-order valence-corrected chi connectivity index (χ4v) is 6.14. The minimum Gasteiger partial charge on any atom is -0.335 e. The molecular formula is C24H24ClN3O. The number of likely N-dealkylation sites (tertiary alicyclic amines) is 1. The van der Waals surface area contributed by atoms with E-state index in [0.717, 1.165) is 43.8 Å². The van der Waals surface area contributed by atoms with Crippen LogP contribution in [0.4, 0.5) is 0 Å². The van der Waals surface area contributed by atoms with E-state index >= 15 is 0 Å². The van der Waals surface area contributed by atoms with Crippen molar-refractivity contribution in [3.05, 3.63) is 64.8 Å². The first-order chi connectivity index (χ1) is 14.0. The van der Waals surface area contributed by atoms with Gasteiger partial charge in [0.1, 0.15) is 0 Å². The van der Waals surface area contributed by atoms with Crippen molar-refractivity contribution < 1.29 is 4.79 Å². The van der Waals surface area contributed by atoms with Crippen molar-refractivity contribution >= 4 is 28.4 Å². The van der Waals surface area contributed by atoms with Crippen molar-refractivity contribution in [2.75, 3.05) is 6.54 Å². The molecule has 2 aromatic carbocycles. The topological polar surface area (TPSA) is 38.1 Å². The fourth-order valence-electron chi connectivity index (χ4n) is 6.01. The van der Waals surface area contributed by atoms with Gasteiger partial charge in [-0.1, -0.05) is 35.4 Å². The molecule has 148 valence electrons. The normalized spacial score (nSPS) is 29.9. The van der Waals surface area contributed by atoms with Gasteiger partial charge in [-0.05, 0) is 67.9 Å². The van der Waals surface area contributed by atoms with E-state index in [9.17, 15) is 4.79 Å². The van der Waals surface area contributed by atoms with Gasteiger partial charge in [0.25, 0.3) is 0 Å². The van der Waals surface area contributed by atoms with Gasteiger partial charge in [-0.25, -0.2) is 0 Å². The second-order valence-corrected chi connectivity index (χ2v) is 9.97. The molecule has 2 heterocycles. The largest absolute Gasteiger partial charge is 0.335 e. The van der Waals surface area contributed by atoms with Crippen molar-refractivity contribution in [1.82, 2.24) is 14.7 Å². The summed E-state index contributed by atoms with van der Waals surface area (Å²) in [6.45, 7) is 3.92. The number of amides is 1. The summed E-state index contributed by atoms with van der Waals surface area (Å²) in [6, 6.07) is 14.7. The predicted octanol–water partition coefficient (Wildman–Crippen LogP) is 5.14. The van der Waals surface area contributed by atoms with Crippen LogP contribution in [0, 0.1) is 17.8 Å². The fraction of sp³-hybridized carbons (Fsp3) is 0.417. The first-order valence-corrected chi connectivity index (χ1v) is 10.8. The van der Waals surface area contributed by atoms with Crippen molar-refractivity contribution in [2.45, 2.75) is 45.2 Å². The number of aryl methyl sites for hydroxylation is 1. The van der Waals surface area contributed by atoms with Gasteiger partial charge in [0.05, 0.1) is 23.2 Å². The molecule has 3 saturated carbocycles. The average Bonchev–Trinajstić information content (AvgIpc) is 2.99. The summed E-state index contributed by atoms with van der Waals surface area (Å²) in [4.78, 5) is 15.4. The van der Waals surface area contributed by atoms with Crippen LogP contribution in [0.5, 0.6) is 0 Å². The minimum atomic E-state index is -0.107. The average molecular weight is 406 g/mol. The van der Waals surface area contributed by atoms with Crippen molar-refractivity contribution in [3.63, 3.8) is 0 Å². The van der Waals surface area contributed by atoms with Crippen molar-refractivity contribution in [2.24, 2.45) is 10.8 Å². The van der Waals surface area contributed by atoms with Crippen LogP contribution in [-0.4, -0.2) is 27.1 Å². The predicted molar refractivity (Wildman–Crippen MR) is 114 cm³/mol. The Kier molecular flexibility index (Phi) is 3.54. The molecule has 7 rings (SSSR count). The van der Waals surface area contributed by atoms with E-state index in [-0.39, 0.29) is 16.9 Å². The molecule has 2 bridgehead atoms. The Morgan fingerprint density at radius 1 is 1.17 bits per heavy atom. The summed E-state index contributed by atoms with van der Waals surface area (Å²) < 4.78 is 2.14. The van der Waals surface area contributed by atoms with Crippen LogP contribution in [0.3, 0.4) is 0 Å². The third kappa shape index (κ3) is 2.51. The maximum absolute atomic E-state index is 13.3. The Balaban J connectivity index is 1.14. The molecular weight excluding hydrogens is 382 g/mol. The summed E-state index contributed by atoms with van der Waals surface area (Å²) >= 11 is 6.02. The Hall–Kier alpha value is -2.33. The zero-order valence-electron chi connectivity index (χ0n) is 16.6. The molecule has 0 N–H and O–H groups in total. The molecule has 3 aliphatic carbocycles. The van der Waals surface area contributed by atoms with Crippen LogP contribution in [-0.2, 0) is 11.3 Å². The van der Waals surface area contributed by atoms with Crippen LogP contribution in [0.25, 0.3) is 10.9 Å². The third-order valence-corrected chi connectivity index (χ3v) is 7.66. The molecule has 3 aromatic rings. The lowest BCUT2D eigenvalue weighted by atomic mass is 9.34. The number of hydrogen-bond acceptors (Lipinski definition) is 2. The number of carbonyl (C=O) groups is 1. The molecule has 1 aromatic heterocycles. The van der Waals surface area contributed by atoms with E-state index in [0.29, 0.717) is 5.91 Å². The summed E-state index contributed by atoms with van der Waals surface area (Å²) in [6.07, 6.45) is 6.04. The first-order valence-electron chi connectivity index (χ1n) is 10.5. The van der Waals surface area contributed by atoms with Crippen LogP contribution >= 0.6 is 11.6 Å². The van der Waals surface area contributed by atoms with Gasteiger partial charge in [0, 0.05) is 23.5 Å². The number of rotatable bonds is 4.